The van der Waals surface area contributed by atoms with Crippen LogP contribution < -0.4 is 14.8 Å². The standard InChI is InChI=1S/C22H23NO3/c1-15(17-8-11-20(25-3)12-9-17)23-22(24)16(2)26-21-13-10-18-6-4-5-7-19(18)14-21/h4-16H,1-3H3,(H,23,24)/t15-,16-/m1/s1. The molecule has 3 rings (SSSR count). The summed E-state index contributed by atoms with van der Waals surface area (Å²) in [6, 6.07) is 21.4. The fourth-order valence-electron chi connectivity index (χ4n) is 2.81. The Kier molecular flexibility index (Phi) is 5.42. The summed E-state index contributed by atoms with van der Waals surface area (Å²) in [6.07, 6.45) is -0.586. The van der Waals surface area contributed by atoms with Crippen LogP contribution in [-0.2, 0) is 4.79 Å². The summed E-state index contributed by atoms with van der Waals surface area (Å²) in [5.74, 6) is 1.32. The molecule has 3 aromatic carbocycles. The summed E-state index contributed by atoms with van der Waals surface area (Å²) in [7, 11) is 1.63. The molecule has 0 radical (unpaired) electrons. The van der Waals surface area contributed by atoms with E-state index in [0.717, 1.165) is 22.1 Å². The topological polar surface area (TPSA) is 47.6 Å². The van der Waals surface area contributed by atoms with E-state index < -0.39 is 6.10 Å². The average Bonchev–Trinajstić information content (AvgIpc) is 2.67. The molecule has 1 amide bonds. The zero-order valence-electron chi connectivity index (χ0n) is 15.2. The lowest BCUT2D eigenvalue weighted by Crippen LogP contribution is -2.37. The number of fused-ring (bicyclic) bond motifs is 1. The molecule has 0 aliphatic rings. The minimum atomic E-state index is -0.586. The number of hydrogen-bond acceptors (Lipinski definition) is 3. The van der Waals surface area contributed by atoms with Crippen molar-refractivity contribution < 1.29 is 14.3 Å². The minimum Gasteiger partial charge on any atom is -0.497 e. The fraction of sp³-hybridized carbons (Fsp3) is 0.227. The van der Waals surface area contributed by atoms with E-state index in [0.29, 0.717) is 5.75 Å². The summed E-state index contributed by atoms with van der Waals surface area (Å²) < 4.78 is 11.0. The maximum absolute atomic E-state index is 12.5. The molecule has 0 saturated carbocycles. The molecule has 3 aromatic rings. The molecule has 26 heavy (non-hydrogen) atoms. The number of rotatable bonds is 6. The predicted octanol–water partition coefficient (Wildman–Crippen LogP) is 4.49. The monoisotopic (exact) mass is 349 g/mol. The van der Waals surface area contributed by atoms with Gasteiger partial charge in [0.05, 0.1) is 13.2 Å². The minimum absolute atomic E-state index is 0.115. The largest absolute Gasteiger partial charge is 0.497 e. The van der Waals surface area contributed by atoms with Crippen LogP contribution in [0, 0.1) is 0 Å². The van der Waals surface area contributed by atoms with Crippen molar-refractivity contribution in [2.45, 2.75) is 26.0 Å². The molecule has 4 nitrogen and oxygen atoms in total. The molecule has 0 bridgehead atoms. The Labute approximate surface area is 153 Å². The first-order valence-electron chi connectivity index (χ1n) is 8.66. The van der Waals surface area contributed by atoms with Gasteiger partial charge in [0.25, 0.3) is 5.91 Å². The Bertz CT molecular complexity index is 889. The van der Waals surface area contributed by atoms with Crippen LogP contribution in [0.4, 0.5) is 0 Å². The van der Waals surface area contributed by atoms with Crippen LogP contribution in [0.3, 0.4) is 0 Å². The SMILES string of the molecule is COc1ccc([C@@H](C)NC(=O)[C@@H](C)Oc2ccc3ccccc3c2)cc1. The van der Waals surface area contributed by atoms with Crippen LogP contribution in [0.5, 0.6) is 11.5 Å². The molecular formula is C22H23NO3. The zero-order chi connectivity index (χ0) is 18.5. The molecular weight excluding hydrogens is 326 g/mol. The number of carbonyl (C=O) groups excluding carboxylic acids is 1. The lowest BCUT2D eigenvalue weighted by Gasteiger charge is -2.19. The molecule has 0 saturated heterocycles. The highest BCUT2D eigenvalue weighted by molar-refractivity contribution is 5.84. The van der Waals surface area contributed by atoms with E-state index in [2.05, 4.69) is 5.32 Å². The number of benzene rings is 3. The molecule has 0 aromatic heterocycles. The van der Waals surface area contributed by atoms with Crippen molar-refractivity contribution in [2.24, 2.45) is 0 Å². The van der Waals surface area contributed by atoms with Gasteiger partial charge >= 0.3 is 0 Å². The highest BCUT2D eigenvalue weighted by atomic mass is 16.5. The Hall–Kier alpha value is -3.01. The van der Waals surface area contributed by atoms with Gasteiger partial charge in [-0.15, -0.1) is 0 Å². The van der Waals surface area contributed by atoms with Crippen molar-refractivity contribution in [2.75, 3.05) is 7.11 Å². The third-order valence-corrected chi connectivity index (χ3v) is 4.38. The molecule has 0 heterocycles. The smallest absolute Gasteiger partial charge is 0.261 e. The summed E-state index contributed by atoms with van der Waals surface area (Å²) in [5, 5.41) is 5.22. The molecule has 0 spiro atoms. The van der Waals surface area contributed by atoms with Gasteiger partial charge in [-0.25, -0.2) is 0 Å². The van der Waals surface area contributed by atoms with Gasteiger partial charge in [0.1, 0.15) is 11.5 Å². The first-order chi connectivity index (χ1) is 12.6. The van der Waals surface area contributed by atoms with E-state index in [1.54, 1.807) is 14.0 Å². The molecule has 0 unspecified atom stereocenters. The fourth-order valence-corrected chi connectivity index (χ4v) is 2.81. The van der Waals surface area contributed by atoms with Gasteiger partial charge in [-0.3, -0.25) is 4.79 Å². The van der Waals surface area contributed by atoms with Crippen LogP contribution in [0.1, 0.15) is 25.5 Å². The van der Waals surface area contributed by atoms with E-state index in [9.17, 15) is 4.79 Å². The Morgan fingerprint density at radius 2 is 1.54 bits per heavy atom. The van der Waals surface area contributed by atoms with Crippen LogP contribution in [0.2, 0.25) is 0 Å². The van der Waals surface area contributed by atoms with Gasteiger partial charge in [0.15, 0.2) is 6.10 Å². The highest BCUT2D eigenvalue weighted by Crippen LogP contribution is 2.22. The Morgan fingerprint density at radius 1 is 0.885 bits per heavy atom. The lowest BCUT2D eigenvalue weighted by molar-refractivity contribution is -0.127. The predicted molar refractivity (Wildman–Crippen MR) is 104 cm³/mol. The number of hydrogen-bond donors (Lipinski definition) is 1. The van der Waals surface area contributed by atoms with Gasteiger partial charge in [0.2, 0.25) is 0 Å². The van der Waals surface area contributed by atoms with Gasteiger partial charge in [0, 0.05) is 0 Å². The number of nitrogens with one attached hydrogen (secondary N) is 1. The number of ether oxygens (including phenoxy) is 2. The van der Waals surface area contributed by atoms with Crippen molar-refractivity contribution in [3.8, 4) is 11.5 Å². The second kappa shape index (κ2) is 7.91. The Morgan fingerprint density at radius 3 is 2.23 bits per heavy atom. The van der Waals surface area contributed by atoms with E-state index in [1.165, 1.54) is 0 Å². The van der Waals surface area contributed by atoms with Crippen molar-refractivity contribution >= 4 is 16.7 Å². The van der Waals surface area contributed by atoms with Gasteiger partial charge in [-0.05, 0) is 54.4 Å². The van der Waals surface area contributed by atoms with Crippen LogP contribution in [0.25, 0.3) is 10.8 Å². The van der Waals surface area contributed by atoms with Crippen molar-refractivity contribution in [1.82, 2.24) is 5.32 Å². The second-order valence-corrected chi connectivity index (χ2v) is 6.27. The van der Waals surface area contributed by atoms with Crippen molar-refractivity contribution in [3.05, 3.63) is 72.3 Å². The van der Waals surface area contributed by atoms with E-state index in [4.69, 9.17) is 9.47 Å². The maximum atomic E-state index is 12.5. The summed E-state index contributed by atoms with van der Waals surface area (Å²) in [6.45, 7) is 3.70. The van der Waals surface area contributed by atoms with Crippen LogP contribution in [0.15, 0.2) is 66.7 Å². The first-order valence-corrected chi connectivity index (χ1v) is 8.66. The average molecular weight is 349 g/mol. The van der Waals surface area contributed by atoms with Crippen LogP contribution >= 0.6 is 0 Å². The summed E-state index contributed by atoms with van der Waals surface area (Å²) >= 11 is 0. The van der Waals surface area contributed by atoms with Gasteiger partial charge in [-0.2, -0.15) is 0 Å². The second-order valence-electron chi connectivity index (χ2n) is 6.27. The molecule has 4 heteroatoms. The highest BCUT2D eigenvalue weighted by Gasteiger charge is 2.18. The third kappa shape index (κ3) is 4.14. The van der Waals surface area contributed by atoms with Crippen molar-refractivity contribution in [3.63, 3.8) is 0 Å². The van der Waals surface area contributed by atoms with E-state index in [1.807, 2.05) is 73.7 Å². The summed E-state index contributed by atoms with van der Waals surface area (Å²) in [5.41, 5.74) is 1.01. The molecule has 0 aliphatic heterocycles. The zero-order valence-corrected chi connectivity index (χ0v) is 15.2. The normalized spacial score (nSPS) is 13.0. The molecule has 0 fully saturated rings. The van der Waals surface area contributed by atoms with Crippen LogP contribution in [-0.4, -0.2) is 19.1 Å². The van der Waals surface area contributed by atoms with Gasteiger partial charge in [-0.1, -0.05) is 42.5 Å². The Balaban J connectivity index is 1.62. The molecule has 134 valence electrons. The quantitative estimate of drug-likeness (QED) is 0.713. The third-order valence-electron chi connectivity index (χ3n) is 4.38. The maximum Gasteiger partial charge on any atom is 0.261 e. The molecule has 2 atom stereocenters. The first kappa shape index (κ1) is 17.8. The molecule has 0 aliphatic carbocycles. The van der Waals surface area contributed by atoms with Gasteiger partial charge < -0.3 is 14.8 Å². The number of amides is 1. The number of methoxy groups -OCH3 is 1. The number of carbonyl (C=O) groups is 1. The van der Waals surface area contributed by atoms with E-state index in [-0.39, 0.29) is 11.9 Å². The van der Waals surface area contributed by atoms with Crippen molar-refractivity contribution in [1.29, 1.82) is 0 Å². The lowest BCUT2D eigenvalue weighted by atomic mass is 10.1. The molecule has 1 N–H and O–H groups in total. The van der Waals surface area contributed by atoms with E-state index >= 15 is 0 Å². The summed E-state index contributed by atoms with van der Waals surface area (Å²) in [4.78, 5) is 12.5.